The Balaban J connectivity index is 1.21. The molecule has 0 radical (unpaired) electrons. The zero-order valence-electron chi connectivity index (χ0n) is 28.0. The summed E-state index contributed by atoms with van der Waals surface area (Å²) in [5.41, 5.74) is 2.70. The molecule has 4 amide bonds. The molecular formula is C36H45F2N7O4. The summed E-state index contributed by atoms with van der Waals surface area (Å²) in [7, 11) is 1.60. The van der Waals surface area contributed by atoms with Gasteiger partial charge in [0.05, 0.1) is 0 Å². The van der Waals surface area contributed by atoms with Crippen molar-refractivity contribution in [3.8, 4) is 0 Å². The summed E-state index contributed by atoms with van der Waals surface area (Å²) in [6.07, 6.45) is 1.46. The van der Waals surface area contributed by atoms with Gasteiger partial charge in [-0.2, -0.15) is 5.10 Å². The normalized spacial score (nSPS) is 17.9. The van der Waals surface area contributed by atoms with Crippen LogP contribution in [0.2, 0.25) is 0 Å². The third-order valence-electron chi connectivity index (χ3n) is 9.40. The Kier molecular flexibility index (Phi) is 11.8. The van der Waals surface area contributed by atoms with Crippen molar-refractivity contribution < 1.29 is 28.0 Å². The van der Waals surface area contributed by atoms with Crippen LogP contribution in [0.15, 0.2) is 66.9 Å². The second-order valence-electron chi connectivity index (χ2n) is 12.9. The molecule has 2 aliphatic rings. The van der Waals surface area contributed by atoms with E-state index in [4.69, 9.17) is 0 Å². The first-order valence-electron chi connectivity index (χ1n) is 16.9. The highest BCUT2D eigenvalue weighted by Gasteiger charge is 2.40. The number of aryl methyl sites for hydroxylation is 1. The summed E-state index contributed by atoms with van der Waals surface area (Å²) in [6, 6.07) is 16.9. The van der Waals surface area contributed by atoms with Gasteiger partial charge in [-0.15, -0.1) is 0 Å². The lowest BCUT2D eigenvalue weighted by atomic mass is 9.81. The lowest BCUT2D eigenvalue weighted by Crippen LogP contribution is -2.55. The number of aromatic nitrogens is 2. The van der Waals surface area contributed by atoms with Gasteiger partial charge in [0.1, 0.15) is 17.8 Å². The molecule has 0 bridgehead atoms. The molecular weight excluding hydrogens is 632 g/mol. The second-order valence-corrected chi connectivity index (χ2v) is 12.9. The van der Waals surface area contributed by atoms with Crippen molar-refractivity contribution in [2.75, 3.05) is 31.5 Å². The van der Waals surface area contributed by atoms with Gasteiger partial charge >= 0.3 is 0 Å². The minimum atomic E-state index is -2.79. The third-order valence-corrected chi connectivity index (χ3v) is 9.40. The molecule has 2 unspecified atom stereocenters. The van der Waals surface area contributed by atoms with Gasteiger partial charge in [0, 0.05) is 77.3 Å². The largest absolute Gasteiger partial charge is 0.344 e. The number of nitrogens with zero attached hydrogens (tertiary/aromatic N) is 4. The summed E-state index contributed by atoms with van der Waals surface area (Å²) in [4.78, 5) is 56.7. The molecule has 2 heterocycles. The molecule has 49 heavy (non-hydrogen) atoms. The predicted octanol–water partition coefficient (Wildman–Crippen LogP) is 3.76. The van der Waals surface area contributed by atoms with Crippen molar-refractivity contribution in [2.24, 2.45) is 13.0 Å². The minimum Gasteiger partial charge on any atom is -0.344 e. The second kappa shape index (κ2) is 16.2. The Labute approximate surface area is 285 Å². The molecule has 13 heteroatoms. The van der Waals surface area contributed by atoms with E-state index >= 15 is 0 Å². The molecule has 1 aromatic heterocycles. The van der Waals surface area contributed by atoms with E-state index in [-0.39, 0.29) is 56.0 Å². The Morgan fingerprint density at radius 3 is 2.18 bits per heavy atom. The van der Waals surface area contributed by atoms with Gasteiger partial charge in [0.2, 0.25) is 23.6 Å². The van der Waals surface area contributed by atoms with E-state index in [2.05, 4.69) is 38.1 Å². The molecule has 2 atom stereocenters. The van der Waals surface area contributed by atoms with Crippen molar-refractivity contribution >= 4 is 29.3 Å². The molecule has 3 aromatic rings. The number of halogens is 2. The maximum absolute atomic E-state index is 13.9. The number of hydrogen-bond donors (Lipinski definition) is 3. The molecule has 2 aromatic carbocycles. The molecule has 1 saturated carbocycles. The quantitative estimate of drug-likeness (QED) is 0.268. The molecule has 11 nitrogen and oxygen atoms in total. The highest BCUT2D eigenvalue weighted by atomic mass is 19.3. The van der Waals surface area contributed by atoms with E-state index in [1.54, 1.807) is 43.1 Å². The summed E-state index contributed by atoms with van der Waals surface area (Å²) in [6.45, 7) is 5.14. The number of hydrogen-bond acceptors (Lipinski definition) is 6. The van der Waals surface area contributed by atoms with Crippen LogP contribution in [0.4, 0.5) is 14.5 Å². The van der Waals surface area contributed by atoms with Crippen LogP contribution in [0.1, 0.15) is 60.6 Å². The van der Waals surface area contributed by atoms with Gasteiger partial charge in [-0.05, 0) is 48.1 Å². The maximum Gasteiger partial charge on any atom is 0.270 e. The fourth-order valence-electron chi connectivity index (χ4n) is 6.47. The first kappa shape index (κ1) is 35.7. The molecule has 1 saturated heterocycles. The third kappa shape index (κ3) is 9.71. The van der Waals surface area contributed by atoms with Crippen LogP contribution < -0.4 is 16.0 Å². The molecule has 2 fully saturated rings. The van der Waals surface area contributed by atoms with Crippen molar-refractivity contribution in [2.45, 2.75) is 70.0 Å². The van der Waals surface area contributed by atoms with Crippen LogP contribution in [0, 0.1) is 5.92 Å². The van der Waals surface area contributed by atoms with Crippen LogP contribution in [-0.2, 0) is 34.4 Å². The van der Waals surface area contributed by atoms with Gasteiger partial charge in [-0.3, -0.25) is 28.8 Å². The van der Waals surface area contributed by atoms with Gasteiger partial charge in [0.15, 0.2) is 0 Å². The summed E-state index contributed by atoms with van der Waals surface area (Å²) < 4.78 is 29.3. The van der Waals surface area contributed by atoms with Gasteiger partial charge < -0.3 is 20.9 Å². The van der Waals surface area contributed by atoms with E-state index in [1.165, 1.54) is 22.5 Å². The summed E-state index contributed by atoms with van der Waals surface area (Å²) in [5.74, 6) is -4.63. The average molecular weight is 678 g/mol. The Morgan fingerprint density at radius 1 is 0.898 bits per heavy atom. The Morgan fingerprint density at radius 2 is 1.57 bits per heavy atom. The summed E-state index contributed by atoms with van der Waals surface area (Å²) in [5, 5.41) is 12.5. The smallest absolute Gasteiger partial charge is 0.270 e. The van der Waals surface area contributed by atoms with Gasteiger partial charge in [-0.25, -0.2) is 8.78 Å². The average Bonchev–Trinajstić information content (AvgIpc) is 3.54. The van der Waals surface area contributed by atoms with E-state index in [1.807, 2.05) is 18.2 Å². The first-order chi connectivity index (χ1) is 23.5. The fourth-order valence-corrected chi connectivity index (χ4v) is 6.47. The van der Waals surface area contributed by atoms with E-state index in [0.717, 1.165) is 25.2 Å². The lowest BCUT2D eigenvalue weighted by molar-refractivity contribution is -0.138. The van der Waals surface area contributed by atoms with Crippen LogP contribution in [0.5, 0.6) is 0 Å². The number of amides is 4. The molecule has 1 aliphatic heterocycles. The maximum atomic E-state index is 13.9. The Bertz CT molecular complexity index is 1580. The van der Waals surface area contributed by atoms with Crippen LogP contribution in [-0.4, -0.2) is 87.4 Å². The highest BCUT2D eigenvalue weighted by molar-refractivity contribution is 6.00. The van der Waals surface area contributed by atoms with E-state index in [0.29, 0.717) is 18.8 Å². The molecule has 1 aliphatic carbocycles. The number of anilines is 1. The predicted molar refractivity (Wildman–Crippen MR) is 181 cm³/mol. The number of benzene rings is 2. The van der Waals surface area contributed by atoms with Crippen LogP contribution >= 0.6 is 0 Å². The number of nitrogens with one attached hydrogen (secondary N) is 3. The molecule has 5 rings (SSSR count). The fraction of sp³-hybridized carbons (Fsp3) is 0.472. The number of carbonyl (C=O) groups excluding carboxylic acids is 4. The number of piperazine rings is 1. The SMILES string of the molecule is CCC(=O)NC(Cc1ccc(NC(=O)C(NC(=O)c2ccnn2C)C2CCC(F)(F)CC2)cc1)C(=O)N1CCN(Cc2ccccc2)CC1. The van der Waals surface area contributed by atoms with E-state index in [9.17, 15) is 28.0 Å². The van der Waals surface area contributed by atoms with E-state index < -0.39 is 35.7 Å². The van der Waals surface area contributed by atoms with Crippen molar-refractivity contribution in [1.82, 2.24) is 30.2 Å². The number of rotatable bonds is 12. The first-order valence-corrected chi connectivity index (χ1v) is 16.9. The molecule has 3 N–H and O–H groups in total. The standard InChI is InChI=1S/C36H45F2N7O4/c1-3-31(46)41-29(35(49)45-21-19-44(20-22-45)24-26-7-5-4-6-8-26)23-25-9-11-28(12-10-25)40-34(48)32(27-13-16-36(37,38)17-14-27)42-33(47)30-15-18-39-43(30)2/h4-12,15,18,27,29,32H,3,13-14,16-17,19-24H2,1-2H3,(H,40,48)(H,41,46)(H,42,47). The van der Waals surface area contributed by atoms with Gasteiger partial charge in [-0.1, -0.05) is 49.4 Å². The topological polar surface area (TPSA) is 129 Å². The lowest BCUT2D eigenvalue weighted by Gasteiger charge is -2.36. The highest BCUT2D eigenvalue weighted by Crippen LogP contribution is 2.37. The van der Waals surface area contributed by atoms with Gasteiger partial charge in [0.25, 0.3) is 5.91 Å². The minimum absolute atomic E-state index is 0.0939. The monoisotopic (exact) mass is 677 g/mol. The van der Waals surface area contributed by atoms with Crippen LogP contribution in [0.3, 0.4) is 0 Å². The van der Waals surface area contributed by atoms with Crippen molar-refractivity contribution in [3.05, 3.63) is 83.7 Å². The number of alkyl halides is 2. The summed E-state index contributed by atoms with van der Waals surface area (Å²) >= 11 is 0. The molecule has 262 valence electrons. The Hall–Kier alpha value is -4.65. The van der Waals surface area contributed by atoms with Crippen molar-refractivity contribution in [1.29, 1.82) is 0 Å². The van der Waals surface area contributed by atoms with Crippen LogP contribution in [0.25, 0.3) is 0 Å². The zero-order chi connectivity index (χ0) is 35.0. The van der Waals surface area contributed by atoms with Crippen molar-refractivity contribution in [3.63, 3.8) is 0 Å². The zero-order valence-corrected chi connectivity index (χ0v) is 28.0. The molecule has 0 spiro atoms. The number of carbonyl (C=O) groups is 4.